The summed E-state index contributed by atoms with van der Waals surface area (Å²) in [5.41, 5.74) is 3.04. The van der Waals surface area contributed by atoms with Crippen LogP contribution in [0.15, 0.2) is 69.5 Å². The van der Waals surface area contributed by atoms with Crippen LogP contribution in [0.3, 0.4) is 0 Å². The molecule has 4 rings (SSSR count). The van der Waals surface area contributed by atoms with Gasteiger partial charge in [0.1, 0.15) is 11.5 Å². The maximum Gasteiger partial charge on any atom is 0.416 e. The lowest BCUT2D eigenvalue weighted by atomic mass is 10.2. The summed E-state index contributed by atoms with van der Waals surface area (Å²) in [4.78, 5) is 16.4. The minimum Gasteiger partial charge on any atom is -0.455 e. The Morgan fingerprint density at radius 2 is 1.94 bits per heavy atom. The molecule has 0 fully saturated rings. The van der Waals surface area contributed by atoms with E-state index >= 15 is 0 Å². The molecule has 2 heterocycles. The topological polar surface area (TPSA) is 79.5 Å². The van der Waals surface area contributed by atoms with Crippen molar-refractivity contribution in [3.8, 4) is 11.3 Å². The predicted octanol–water partition coefficient (Wildman–Crippen LogP) is 7.17. The van der Waals surface area contributed by atoms with Gasteiger partial charge in [0.05, 0.1) is 33.9 Å². The monoisotopic (exact) mass is 538 g/mol. The number of hydrogen-bond donors (Lipinski definition) is 2. The standard InChI is InChI=1S/C23H15Cl2F3N4O2S/c24-18-6-4-13(8-19(18)25)20-7-5-17(34-20)11-29-32-21(33)10-16-12-35-22(31-16)30-15-3-1-2-14(9-15)23(26,27)28/h1-9,11-12H,10H2,(H,30,31)(H,32,33)/b29-11-. The normalized spacial score (nSPS) is 11.7. The molecular formula is C23H15Cl2F3N4O2S. The fourth-order valence-electron chi connectivity index (χ4n) is 2.94. The number of alkyl halides is 3. The van der Waals surface area contributed by atoms with Crippen LogP contribution in [-0.2, 0) is 17.4 Å². The number of furan rings is 1. The predicted molar refractivity (Wildman–Crippen MR) is 130 cm³/mol. The number of hydrazone groups is 1. The van der Waals surface area contributed by atoms with Crippen LogP contribution in [0.1, 0.15) is 17.0 Å². The summed E-state index contributed by atoms with van der Waals surface area (Å²) in [7, 11) is 0. The lowest BCUT2D eigenvalue weighted by Crippen LogP contribution is -2.19. The van der Waals surface area contributed by atoms with Crippen LogP contribution in [-0.4, -0.2) is 17.1 Å². The molecule has 0 spiro atoms. The zero-order chi connectivity index (χ0) is 25.0. The SMILES string of the molecule is O=C(Cc1csc(Nc2cccc(C(F)(F)F)c2)n1)N/N=C\c1ccc(-c2ccc(Cl)c(Cl)c2)o1. The molecule has 0 aliphatic rings. The highest BCUT2D eigenvalue weighted by Gasteiger charge is 2.30. The maximum atomic E-state index is 12.9. The molecule has 0 atom stereocenters. The van der Waals surface area contributed by atoms with Crippen molar-refractivity contribution in [1.82, 2.24) is 10.4 Å². The molecule has 0 saturated heterocycles. The Labute approximate surface area is 211 Å². The number of anilines is 2. The van der Waals surface area contributed by atoms with Gasteiger partial charge in [0, 0.05) is 16.6 Å². The zero-order valence-corrected chi connectivity index (χ0v) is 19.9. The molecule has 0 radical (unpaired) electrons. The first-order valence-corrected chi connectivity index (χ1v) is 11.6. The highest BCUT2D eigenvalue weighted by Crippen LogP contribution is 2.32. The maximum absolute atomic E-state index is 12.9. The minimum absolute atomic E-state index is 0.0647. The van der Waals surface area contributed by atoms with Crippen molar-refractivity contribution in [3.05, 3.63) is 87.0 Å². The lowest BCUT2D eigenvalue weighted by molar-refractivity contribution is -0.137. The first-order chi connectivity index (χ1) is 16.7. The number of amides is 1. The molecule has 0 unspecified atom stereocenters. The summed E-state index contributed by atoms with van der Waals surface area (Å²) >= 11 is 13.1. The number of carbonyl (C=O) groups is 1. The van der Waals surface area contributed by atoms with Crippen molar-refractivity contribution in [2.24, 2.45) is 5.10 Å². The highest BCUT2D eigenvalue weighted by atomic mass is 35.5. The second kappa shape index (κ2) is 10.5. The van der Waals surface area contributed by atoms with Crippen molar-refractivity contribution < 1.29 is 22.4 Å². The summed E-state index contributed by atoms with van der Waals surface area (Å²) < 4.78 is 44.2. The quantitative estimate of drug-likeness (QED) is 0.193. The second-order valence-electron chi connectivity index (χ2n) is 7.15. The van der Waals surface area contributed by atoms with E-state index in [9.17, 15) is 18.0 Å². The van der Waals surface area contributed by atoms with Gasteiger partial charge in [-0.2, -0.15) is 18.3 Å². The van der Waals surface area contributed by atoms with Crippen LogP contribution in [0.25, 0.3) is 11.3 Å². The lowest BCUT2D eigenvalue weighted by Gasteiger charge is -2.08. The molecule has 2 N–H and O–H groups in total. The average molecular weight is 539 g/mol. The number of nitrogens with zero attached hydrogens (tertiary/aromatic N) is 2. The molecule has 12 heteroatoms. The van der Waals surface area contributed by atoms with E-state index in [1.807, 2.05) is 0 Å². The van der Waals surface area contributed by atoms with Gasteiger partial charge in [-0.3, -0.25) is 4.79 Å². The van der Waals surface area contributed by atoms with Gasteiger partial charge in [0.2, 0.25) is 5.91 Å². The average Bonchev–Trinajstić information content (AvgIpc) is 3.45. The van der Waals surface area contributed by atoms with E-state index in [1.54, 1.807) is 35.7 Å². The fourth-order valence-corrected chi connectivity index (χ4v) is 3.97. The van der Waals surface area contributed by atoms with Crippen LogP contribution >= 0.6 is 34.5 Å². The van der Waals surface area contributed by atoms with Crippen molar-refractivity contribution in [3.63, 3.8) is 0 Å². The third kappa shape index (κ3) is 6.62. The highest BCUT2D eigenvalue weighted by molar-refractivity contribution is 7.13. The van der Waals surface area contributed by atoms with Crippen molar-refractivity contribution in [1.29, 1.82) is 0 Å². The van der Waals surface area contributed by atoms with Crippen molar-refractivity contribution >= 4 is 57.5 Å². The molecule has 4 aromatic rings. The van der Waals surface area contributed by atoms with Gasteiger partial charge in [-0.25, -0.2) is 10.4 Å². The minimum atomic E-state index is -4.44. The number of carbonyl (C=O) groups excluding carboxylic acids is 1. The van der Waals surface area contributed by atoms with Crippen LogP contribution in [0.5, 0.6) is 0 Å². The number of hydrogen-bond acceptors (Lipinski definition) is 6. The van der Waals surface area contributed by atoms with Gasteiger partial charge >= 0.3 is 6.18 Å². The Morgan fingerprint density at radius 1 is 1.11 bits per heavy atom. The van der Waals surface area contributed by atoms with E-state index in [4.69, 9.17) is 27.6 Å². The molecule has 180 valence electrons. The molecule has 0 bridgehead atoms. The molecule has 2 aromatic carbocycles. The van der Waals surface area contributed by atoms with Crippen LogP contribution in [0, 0.1) is 0 Å². The van der Waals surface area contributed by atoms with Crippen LogP contribution in [0.4, 0.5) is 24.0 Å². The smallest absolute Gasteiger partial charge is 0.416 e. The number of rotatable bonds is 7. The number of thiazole rings is 1. The van der Waals surface area contributed by atoms with E-state index in [2.05, 4.69) is 20.8 Å². The first kappa shape index (κ1) is 24.8. The molecule has 6 nitrogen and oxygen atoms in total. The Morgan fingerprint density at radius 3 is 2.71 bits per heavy atom. The van der Waals surface area contributed by atoms with Gasteiger partial charge in [0.25, 0.3) is 0 Å². The number of nitrogens with one attached hydrogen (secondary N) is 2. The zero-order valence-electron chi connectivity index (χ0n) is 17.6. The van der Waals surface area contributed by atoms with E-state index in [1.165, 1.54) is 29.7 Å². The summed E-state index contributed by atoms with van der Waals surface area (Å²) in [5.74, 6) is 0.542. The third-order valence-electron chi connectivity index (χ3n) is 4.55. The number of benzene rings is 2. The summed E-state index contributed by atoms with van der Waals surface area (Å²) in [5, 5.41) is 9.52. The number of aromatic nitrogens is 1. The van der Waals surface area contributed by atoms with Crippen LogP contribution < -0.4 is 10.7 Å². The second-order valence-corrected chi connectivity index (χ2v) is 8.82. The first-order valence-electron chi connectivity index (χ1n) is 9.93. The van der Waals surface area contributed by atoms with Gasteiger partial charge in [-0.1, -0.05) is 29.3 Å². The molecule has 0 saturated carbocycles. The molecule has 35 heavy (non-hydrogen) atoms. The van der Waals surface area contributed by atoms with Crippen LogP contribution in [0.2, 0.25) is 10.0 Å². The third-order valence-corrected chi connectivity index (χ3v) is 6.09. The van der Waals surface area contributed by atoms with E-state index in [-0.39, 0.29) is 12.1 Å². The summed E-state index contributed by atoms with van der Waals surface area (Å²) in [6.07, 6.45) is -3.16. The van der Waals surface area contributed by atoms with Gasteiger partial charge < -0.3 is 9.73 Å². The summed E-state index contributed by atoms with van der Waals surface area (Å²) in [6.45, 7) is 0. The molecule has 1 amide bonds. The molecule has 2 aromatic heterocycles. The van der Waals surface area contributed by atoms with Crippen molar-refractivity contribution in [2.45, 2.75) is 12.6 Å². The Bertz CT molecular complexity index is 1390. The van der Waals surface area contributed by atoms with E-state index in [0.717, 1.165) is 17.7 Å². The fraction of sp³-hybridized carbons (Fsp3) is 0.0870. The van der Waals surface area contributed by atoms with Gasteiger partial charge in [0.15, 0.2) is 5.13 Å². The molecular weight excluding hydrogens is 524 g/mol. The van der Waals surface area contributed by atoms with E-state index < -0.39 is 17.6 Å². The Balaban J connectivity index is 1.30. The Kier molecular flexibility index (Phi) is 7.44. The van der Waals surface area contributed by atoms with Crippen molar-refractivity contribution in [2.75, 3.05) is 5.32 Å². The molecule has 0 aliphatic heterocycles. The summed E-state index contributed by atoms with van der Waals surface area (Å²) in [6, 6.07) is 13.3. The Hall–Kier alpha value is -3.34. The number of halogens is 5. The van der Waals surface area contributed by atoms with E-state index in [0.29, 0.717) is 32.4 Å². The largest absolute Gasteiger partial charge is 0.455 e. The molecule has 0 aliphatic carbocycles. The van der Waals surface area contributed by atoms with Gasteiger partial charge in [-0.15, -0.1) is 11.3 Å². The van der Waals surface area contributed by atoms with Gasteiger partial charge in [-0.05, 0) is 48.5 Å².